The normalized spacial score (nSPS) is 12.1. The zero-order valence-electron chi connectivity index (χ0n) is 16.7. The largest absolute Gasteiger partial charge is 0.380 e. The topological polar surface area (TPSA) is 54.1 Å². The van der Waals surface area contributed by atoms with Gasteiger partial charge in [-0.3, -0.25) is 4.79 Å². The number of para-hydroxylation sites is 1. The first-order chi connectivity index (χ1) is 14.7. The van der Waals surface area contributed by atoms with Crippen LogP contribution in [0.15, 0.2) is 79.0 Å². The summed E-state index contributed by atoms with van der Waals surface area (Å²) in [5, 5.41) is 4.90. The lowest BCUT2D eigenvalue weighted by atomic mass is 9.90. The first kappa shape index (κ1) is 20.2. The summed E-state index contributed by atoms with van der Waals surface area (Å²) in [6.07, 6.45) is 2.00. The predicted octanol–water partition coefficient (Wildman–Crippen LogP) is 5.53. The second-order valence-electron chi connectivity index (χ2n) is 7.20. The molecule has 0 radical (unpaired) electrons. The first-order valence-corrected chi connectivity index (χ1v) is 10.2. The van der Waals surface area contributed by atoms with Gasteiger partial charge in [0.05, 0.1) is 6.61 Å². The van der Waals surface area contributed by atoms with Gasteiger partial charge in [-0.15, -0.1) is 0 Å². The van der Waals surface area contributed by atoms with Crippen molar-refractivity contribution < 1.29 is 9.53 Å². The summed E-state index contributed by atoms with van der Waals surface area (Å²) in [6, 6.07) is 23.4. The molecule has 1 aromatic heterocycles. The summed E-state index contributed by atoms with van der Waals surface area (Å²) < 4.78 is 5.13. The molecule has 152 valence electrons. The average Bonchev–Trinajstić information content (AvgIpc) is 3.20. The Morgan fingerprint density at radius 2 is 1.73 bits per heavy atom. The van der Waals surface area contributed by atoms with Crippen LogP contribution in [-0.2, 0) is 11.3 Å². The maximum absolute atomic E-state index is 12.8. The van der Waals surface area contributed by atoms with E-state index in [1.807, 2.05) is 72.9 Å². The number of aromatic nitrogens is 1. The minimum absolute atomic E-state index is 0.0773. The Labute approximate surface area is 180 Å². The van der Waals surface area contributed by atoms with Crippen molar-refractivity contribution in [2.45, 2.75) is 12.5 Å². The van der Waals surface area contributed by atoms with E-state index < -0.39 is 0 Å². The van der Waals surface area contributed by atoms with Crippen LogP contribution in [0, 0.1) is 0 Å². The quantitative estimate of drug-likeness (QED) is 0.414. The summed E-state index contributed by atoms with van der Waals surface area (Å²) >= 11 is 6.53. The van der Waals surface area contributed by atoms with E-state index in [4.69, 9.17) is 16.3 Å². The number of carbonyl (C=O) groups excluding carboxylic acids is 1. The second kappa shape index (κ2) is 9.16. The van der Waals surface area contributed by atoms with Crippen LogP contribution in [0.25, 0.3) is 10.9 Å². The van der Waals surface area contributed by atoms with Crippen molar-refractivity contribution in [3.8, 4) is 0 Å². The van der Waals surface area contributed by atoms with Gasteiger partial charge in [-0.05, 0) is 41.0 Å². The molecule has 0 saturated heterocycles. The van der Waals surface area contributed by atoms with Gasteiger partial charge in [0.25, 0.3) is 5.91 Å². The number of ether oxygens (including phenoxy) is 1. The van der Waals surface area contributed by atoms with E-state index in [-0.39, 0.29) is 11.8 Å². The number of carbonyl (C=O) groups is 1. The lowest BCUT2D eigenvalue weighted by Gasteiger charge is -2.19. The van der Waals surface area contributed by atoms with E-state index in [2.05, 4.69) is 16.4 Å². The molecule has 1 atom stereocenters. The fourth-order valence-electron chi connectivity index (χ4n) is 3.74. The molecular formula is C25H23ClN2O2. The lowest BCUT2D eigenvalue weighted by Crippen LogP contribution is -2.29. The van der Waals surface area contributed by atoms with Gasteiger partial charge in [-0.1, -0.05) is 60.1 Å². The minimum atomic E-state index is -0.115. The summed E-state index contributed by atoms with van der Waals surface area (Å²) in [6.45, 7) is 0.960. The highest BCUT2D eigenvalue weighted by Gasteiger charge is 2.21. The van der Waals surface area contributed by atoms with Crippen molar-refractivity contribution in [1.82, 2.24) is 10.3 Å². The number of nitrogens with one attached hydrogen (secondary N) is 2. The van der Waals surface area contributed by atoms with Crippen LogP contribution in [0.1, 0.15) is 33.0 Å². The van der Waals surface area contributed by atoms with Crippen LogP contribution < -0.4 is 5.32 Å². The van der Waals surface area contributed by atoms with E-state index in [0.29, 0.717) is 23.7 Å². The molecule has 2 N–H and O–H groups in total. The number of hydrogen-bond donors (Lipinski definition) is 2. The smallest absolute Gasteiger partial charge is 0.251 e. The van der Waals surface area contributed by atoms with Crippen LogP contribution >= 0.6 is 11.6 Å². The Balaban J connectivity index is 1.61. The maximum Gasteiger partial charge on any atom is 0.251 e. The first-order valence-electron chi connectivity index (χ1n) is 9.84. The molecule has 1 amide bonds. The Morgan fingerprint density at radius 3 is 2.50 bits per heavy atom. The molecule has 4 aromatic rings. The number of benzene rings is 3. The molecule has 0 saturated carbocycles. The van der Waals surface area contributed by atoms with Gasteiger partial charge in [-0.25, -0.2) is 0 Å². The highest BCUT2D eigenvalue weighted by molar-refractivity contribution is 6.31. The van der Waals surface area contributed by atoms with Crippen molar-refractivity contribution in [2.75, 3.05) is 13.7 Å². The van der Waals surface area contributed by atoms with E-state index >= 15 is 0 Å². The zero-order valence-corrected chi connectivity index (χ0v) is 17.4. The summed E-state index contributed by atoms with van der Waals surface area (Å²) in [4.78, 5) is 16.1. The number of aromatic amines is 1. The molecule has 0 aliphatic rings. The second-order valence-corrected chi connectivity index (χ2v) is 7.61. The third kappa shape index (κ3) is 4.25. The van der Waals surface area contributed by atoms with Gasteiger partial charge in [-0.2, -0.15) is 0 Å². The van der Waals surface area contributed by atoms with Crippen LogP contribution in [0.4, 0.5) is 0 Å². The number of amides is 1. The van der Waals surface area contributed by atoms with Crippen LogP contribution in [0.5, 0.6) is 0 Å². The molecule has 0 fully saturated rings. The molecule has 3 aromatic carbocycles. The number of halogens is 1. The molecule has 0 aliphatic carbocycles. The number of methoxy groups -OCH3 is 1. The molecule has 30 heavy (non-hydrogen) atoms. The molecule has 1 heterocycles. The van der Waals surface area contributed by atoms with E-state index in [9.17, 15) is 4.79 Å². The van der Waals surface area contributed by atoms with Crippen molar-refractivity contribution in [3.63, 3.8) is 0 Å². The van der Waals surface area contributed by atoms with Crippen LogP contribution in [0.3, 0.4) is 0 Å². The van der Waals surface area contributed by atoms with Gasteiger partial charge in [0.2, 0.25) is 0 Å². The highest BCUT2D eigenvalue weighted by Crippen LogP contribution is 2.34. The van der Waals surface area contributed by atoms with E-state index in [1.54, 1.807) is 7.11 Å². The van der Waals surface area contributed by atoms with Crippen LogP contribution in [0.2, 0.25) is 5.02 Å². The summed E-state index contributed by atoms with van der Waals surface area (Å²) in [7, 11) is 1.65. The van der Waals surface area contributed by atoms with Crippen molar-refractivity contribution in [3.05, 3.63) is 106 Å². The molecule has 0 aliphatic heterocycles. The molecule has 4 rings (SSSR count). The minimum Gasteiger partial charge on any atom is -0.380 e. The average molecular weight is 419 g/mol. The SMILES string of the molecule is COCc1ccc(C(=O)NC[C@H](c2ccccc2Cl)c2c[nH]c3ccccc23)cc1. The van der Waals surface area contributed by atoms with Crippen molar-refractivity contribution >= 4 is 28.4 Å². The lowest BCUT2D eigenvalue weighted by molar-refractivity contribution is 0.0952. The van der Waals surface area contributed by atoms with Gasteiger partial charge in [0.15, 0.2) is 0 Å². The standard InChI is InChI=1S/C25H23ClN2O2/c1-30-16-17-10-12-18(13-11-17)25(29)28-15-21(19-6-2-4-8-23(19)26)22-14-27-24-9-5-3-7-20(22)24/h2-14,21,27H,15-16H2,1H3,(H,28,29)/t21-/m1/s1. The maximum atomic E-state index is 12.8. The van der Waals surface area contributed by atoms with Crippen LogP contribution in [-0.4, -0.2) is 24.5 Å². The Bertz CT molecular complexity index is 1150. The fraction of sp³-hybridized carbons (Fsp3) is 0.160. The summed E-state index contributed by atoms with van der Waals surface area (Å²) in [5.74, 6) is -0.192. The number of hydrogen-bond acceptors (Lipinski definition) is 2. The molecular weight excluding hydrogens is 396 g/mol. The van der Waals surface area contributed by atoms with Crippen molar-refractivity contribution in [2.24, 2.45) is 0 Å². The Kier molecular flexibility index (Phi) is 6.17. The van der Waals surface area contributed by atoms with Gasteiger partial charge < -0.3 is 15.0 Å². The highest BCUT2D eigenvalue weighted by atomic mass is 35.5. The van der Waals surface area contributed by atoms with E-state index in [1.165, 1.54) is 0 Å². The molecule has 0 spiro atoms. The number of fused-ring (bicyclic) bond motifs is 1. The van der Waals surface area contributed by atoms with Gasteiger partial charge in [0.1, 0.15) is 0 Å². The molecule has 5 heteroatoms. The van der Waals surface area contributed by atoms with Gasteiger partial charge in [0, 0.05) is 47.3 Å². The Morgan fingerprint density at radius 1 is 1.00 bits per heavy atom. The fourth-order valence-corrected chi connectivity index (χ4v) is 4.01. The molecule has 0 unspecified atom stereocenters. The Hall–Kier alpha value is -3.08. The third-order valence-electron chi connectivity index (χ3n) is 5.27. The molecule has 0 bridgehead atoms. The third-order valence-corrected chi connectivity index (χ3v) is 5.62. The molecule has 4 nitrogen and oxygen atoms in total. The van der Waals surface area contributed by atoms with Gasteiger partial charge >= 0.3 is 0 Å². The monoisotopic (exact) mass is 418 g/mol. The zero-order chi connectivity index (χ0) is 20.9. The predicted molar refractivity (Wildman–Crippen MR) is 121 cm³/mol. The number of rotatable bonds is 7. The van der Waals surface area contributed by atoms with E-state index in [0.717, 1.165) is 27.6 Å². The summed E-state index contributed by atoms with van der Waals surface area (Å²) in [5.41, 5.74) is 4.80. The number of H-pyrrole nitrogens is 1. The van der Waals surface area contributed by atoms with Crippen molar-refractivity contribution in [1.29, 1.82) is 0 Å².